The molecule has 0 aliphatic carbocycles. The molecule has 0 amide bonds. The highest BCUT2D eigenvalue weighted by atomic mass is 35.5. The average molecular weight is 382 g/mol. The number of para-hydroxylation sites is 1. The summed E-state index contributed by atoms with van der Waals surface area (Å²) in [6.07, 6.45) is 0.827. The van der Waals surface area contributed by atoms with Gasteiger partial charge in [0.05, 0.1) is 11.3 Å². The van der Waals surface area contributed by atoms with Crippen molar-refractivity contribution >= 4 is 32.3 Å². The van der Waals surface area contributed by atoms with Crippen molar-refractivity contribution in [1.82, 2.24) is 4.98 Å². The molecule has 0 radical (unpaired) electrons. The van der Waals surface area contributed by atoms with Crippen LogP contribution in [0.25, 0.3) is 10.9 Å². The van der Waals surface area contributed by atoms with E-state index in [4.69, 9.17) is 11.6 Å². The molecule has 2 aliphatic heterocycles. The van der Waals surface area contributed by atoms with Crippen LogP contribution in [0.1, 0.15) is 12.0 Å². The van der Waals surface area contributed by atoms with Gasteiger partial charge in [-0.1, -0.05) is 29.8 Å². The van der Waals surface area contributed by atoms with Crippen molar-refractivity contribution in [2.45, 2.75) is 19.0 Å². The number of halogens is 1. The maximum absolute atomic E-state index is 11.7. The van der Waals surface area contributed by atoms with E-state index in [1.54, 1.807) is 0 Å². The van der Waals surface area contributed by atoms with Crippen molar-refractivity contribution in [3.8, 4) is 0 Å². The zero-order chi connectivity index (χ0) is 17.4. The molecule has 4 rings (SSSR count). The van der Waals surface area contributed by atoms with Gasteiger partial charge in [0, 0.05) is 17.4 Å². The molecule has 5 nitrogen and oxygen atoms in total. The fourth-order valence-electron chi connectivity index (χ4n) is 4.16. The monoisotopic (exact) mass is 381 g/mol. The van der Waals surface area contributed by atoms with E-state index in [1.807, 2.05) is 18.2 Å². The van der Waals surface area contributed by atoms with Crippen LogP contribution in [-0.2, 0) is 16.4 Å². The minimum Gasteiger partial charge on any atom is -0.322 e. The van der Waals surface area contributed by atoms with E-state index >= 15 is 0 Å². The molecule has 2 aromatic rings. The summed E-state index contributed by atoms with van der Waals surface area (Å²) >= 11 is 6.39. The molecule has 2 saturated heterocycles. The van der Waals surface area contributed by atoms with Crippen LogP contribution in [0, 0.1) is 0 Å². The summed E-state index contributed by atoms with van der Waals surface area (Å²) in [5.74, 6) is 0.744. The molecule has 25 heavy (non-hydrogen) atoms. The molecule has 2 N–H and O–H groups in total. The molecular formula is C18H24ClN3O2S+2. The Morgan fingerprint density at radius 3 is 2.64 bits per heavy atom. The first-order valence-electron chi connectivity index (χ1n) is 8.93. The number of fused-ring (bicyclic) bond motifs is 1. The normalized spacial score (nSPS) is 29.1. The smallest absolute Gasteiger partial charge is 0.156 e. The Kier molecular flexibility index (Phi) is 4.71. The minimum atomic E-state index is -2.79. The first-order valence-corrected chi connectivity index (χ1v) is 11.1. The molecule has 1 atom stereocenters. The summed E-state index contributed by atoms with van der Waals surface area (Å²) in [7, 11) is -2.79. The number of hydrogen-bond acceptors (Lipinski definition) is 3. The van der Waals surface area contributed by atoms with Gasteiger partial charge in [0.2, 0.25) is 0 Å². The van der Waals surface area contributed by atoms with Crippen molar-refractivity contribution in [2.75, 3.05) is 37.7 Å². The predicted molar refractivity (Wildman–Crippen MR) is 98.9 cm³/mol. The van der Waals surface area contributed by atoms with E-state index in [0.717, 1.165) is 55.6 Å². The van der Waals surface area contributed by atoms with Gasteiger partial charge in [-0.3, -0.25) is 0 Å². The average Bonchev–Trinajstić information content (AvgIpc) is 2.96. The third-order valence-corrected chi connectivity index (χ3v) is 7.69. The molecule has 0 unspecified atom stereocenters. The molecule has 3 heterocycles. The summed E-state index contributed by atoms with van der Waals surface area (Å²) in [6.45, 7) is 5.05. The van der Waals surface area contributed by atoms with Crippen LogP contribution in [0.3, 0.4) is 0 Å². The maximum atomic E-state index is 11.7. The maximum Gasteiger partial charge on any atom is 0.156 e. The number of rotatable bonds is 3. The van der Waals surface area contributed by atoms with Gasteiger partial charge in [-0.2, -0.15) is 0 Å². The molecule has 2 aliphatic rings. The third-order valence-electron chi connectivity index (χ3n) is 5.60. The van der Waals surface area contributed by atoms with Crippen LogP contribution < -0.4 is 9.80 Å². The van der Waals surface area contributed by atoms with Gasteiger partial charge in [0.1, 0.15) is 49.7 Å². The lowest BCUT2D eigenvalue weighted by Gasteiger charge is -2.32. The number of nitrogens with one attached hydrogen (secondary N) is 2. The van der Waals surface area contributed by atoms with E-state index < -0.39 is 9.84 Å². The molecule has 2 fully saturated rings. The SMILES string of the molecule is O=S1(=O)CC[C@@H]([NH+]2CC[NH+](Cc3cc4ccccc4nc3Cl)CC2)C1. The Hall–Kier alpha value is -1.21. The van der Waals surface area contributed by atoms with Crippen LogP contribution >= 0.6 is 11.6 Å². The number of quaternary nitrogens is 2. The number of aromatic nitrogens is 1. The third kappa shape index (κ3) is 3.82. The fourth-order valence-corrected chi connectivity index (χ4v) is 6.19. The fraction of sp³-hybridized carbons (Fsp3) is 0.500. The molecule has 7 heteroatoms. The summed E-state index contributed by atoms with van der Waals surface area (Å²) in [6, 6.07) is 10.5. The van der Waals surface area contributed by atoms with E-state index in [1.165, 1.54) is 9.80 Å². The molecule has 1 aromatic carbocycles. The first kappa shape index (κ1) is 17.2. The van der Waals surface area contributed by atoms with Gasteiger partial charge in [-0.25, -0.2) is 13.4 Å². The molecule has 1 aromatic heterocycles. The van der Waals surface area contributed by atoms with E-state index in [9.17, 15) is 8.42 Å². The largest absolute Gasteiger partial charge is 0.322 e. The highest BCUT2D eigenvalue weighted by Gasteiger charge is 2.37. The second kappa shape index (κ2) is 6.83. The second-order valence-electron chi connectivity index (χ2n) is 7.32. The van der Waals surface area contributed by atoms with Crippen molar-refractivity contribution in [3.63, 3.8) is 0 Å². The van der Waals surface area contributed by atoms with Gasteiger partial charge in [0.15, 0.2) is 9.84 Å². The lowest BCUT2D eigenvalue weighted by atomic mass is 10.1. The predicted octanol–water partition coefficient (Wildman–Crippen LogP) is -0.641. The molecular weight excluding hydrogens is 358 g/mol. The molecule has 0 bridgehead atoms. The van der Waals surface area contributed by atoms with Crippen molar-refractivity contribution < 1.29 is 18.2 Å². The van der Waals surface area contributed by atoms with E-state index in [2.05, 4.69) is 17.1 Å². The van der Waals surface area contributed by atoms with Crippen LogP contribution in [0.5, 0.6) is 0 Å². The molecule has 134 valence electrons. The van der Waals surface area contributed by atoms with Crippen molar-refractivity contribution in [1.29, 1.82) is 0 Å². The number of sulfone groups is 1. The Labute approximate surface area is 153 Å². The first-order chi connectivity index (χ1) is 12.0. The topological polar surface area (TPSA) is 55.9 Å². The van der Waals surface area contributed by atoms with Gasteiger partial charge in [0.25, 0.3) is 0 Å². The Balaban J connectivity index is 1.40. The Morgan fingerprint density at radius 1 is 1.16 bits per heavy atom. The van der Waals surface area contributed by atoms with Gasteiger partial charge >= 0.3 is 0 Å². The minimum absolute atomic E-state index is 0.303. The highest BCUT2D eigenvalue weighted by molar-refractivity contribution is 7.91. The summed E-state index contributed by atoms with van der Waals surface area (Å²) in [5.41, 5.74) is 2.03. The number of hydrogen-bond donors (Lipinski definition) is 2. The Bertz CT molecular complexity index is 879. The van der Waals surface area contributed by atoms with Crippen molar-refractivity contribution in [3.05, 3.63) is 41.0 Å². The number of benzene rings is 1. The van der Waals surface area contributed by atoms with Gasteiger partial charge in [-0.05, 0) is 12.1 Å². The van der Waals surface area contributed by atoms with Crippen molar-refractivity contribution in [2.24, 2.45) is 0 Å². The second-order valence-corrected chi connectivity index (χ2v) is 9.90. The highest BCUT2D eigenvalue weighted by Crippen LogP contribution is 2.19. The van der Waals surface area contributed by atoms with Gasteiger partial charge < -0.3 is 9.80 Å². The summed E-state index contributed by atoms with van der Waals surface area (Å²) in [5, 5.41) is 1.73. The Morgan fingerprint density at radius 2 is 1.92 bits per heavy atom. The van der Waals surface area contributed by atoms with Crippen LogP contribution in [0.2, 0.25) is 5.15 Å². The summed E-state index contributed by atoms with van der Waals surface area (Å²) < 4.78 is 23.4. The number of piperazine rings is 1. The zero-order valence-electron chi connectivity index (χ0n) is 14.2. The quantitative estimate of drug-likeness (QED) is 0.695. The van der Waals surface area contributed by atoms with Crippen LogP contribution in [-0.4, -0.2) is 57.1 Å². The van der Waals surface area contributed by atoms with Crippen LogP contribution in [0.15, 0.2) is 30.3 Å². The lowest BCUT2D eigenvalue weighted by Crippen LogP contribution is -3.29. The van der Waals surface area contributed by atoms with Crippen LogP contribution in [0.4, 0.5) is 0 Å². The van der Waals surface area contributed by atoms with E-state index in [-0.39, 0.29) is 0 Å². The molecule has 0 spiro atoms. The summed E-state index contributed by atoms with van der Waals surface area (Å²) in [4.78, 5) is 7.48. The number of pyridine rings is 1. The zero-order valence-corrected chi connectivity index (χ0v) is 15.7. The molecule has 0 saturated carbocycles. The standard InChI is InChI=1S/C18H22ClN3O2S/c19-18-15(11-14-3-1-2-4-17(14)20-18)12-21-6-8-22(9-7-21)16-5-10-25(23,24)13-16/h1-4,11,16H,5-10,12-13H2/p+2/t16-/m1/s1. The lowest BCUT2D eigenvalue weighted by molar-refractivity contribution is -1.03. The number of nitrogens with zero attached hydrogens (tertiary/aromatic N) is 1. The van der Waals surface area contributed by atoms with E-state index in [0.29, 0.717) is 22.7 Å². The van der Waals surface area contributed by atoms with Gasteiger partial charge in [-0.15, -0.1) is 0 Å².